The Morgan fingerprint density at radius 1 is 0.216 bits per heavy atom. The maximum atomic E-state index is 6.63. The van der Waals surface area contributed by atoms with Gasteiger partial charge in [0.1, 0.15) is 34.0 Å². The van der Waals surface area contributed by atoms with Crippen LogP contribution < -0.4 is 0 Å². The Labute approximate surface area is 587 Å². The lowest BCUT2D eigenvalue weighted by Crippen LogP contribution is -2.26. The zero-order chi connectivity index (χ0) is 66.8. The van der Waals surface area contributed by atoms with Crippen LogP contribution in [-0.4, -0.2) is 15.0 Å². The zero-order valence-corrected chi connectivity index (χ0v) is 55.0. The first-order chi connectivity index (χ1) is 50.6. The first-order valence-corrected chi connectivity index (χ1v) is 34.9. The van der Waals surface area contributed by atoms with Crippen molar-refractivity contribution >= 4 is 32.9 Å². The van der Waals surface area contributed by atoms with Crippen LogP contribution in [0.4, 0.5) is 0 Å². The SMILES string of the molecule is c1ccc(-c2ccc3c(c2)-c2oc4ccccc4c2C32c3ccccc3-c3ccccc32)nc1.c1ccc2c(c1)-c1ccc(-c3ccncc3)cc1C21c2ccccc2-c2oc3ccccc3c21.c1cncc(-c2cccc3c2C2(c4ccccc4-c4ccccc42)c2c-3oc3ccccc23)c1. The van der Waals surface area contributed by atoms with E-state index in [0.717, 1.165) is 56.4 Å². The van der Waals surface area contributed by atoms with Crippen molar-refractivity contribution in [2.24, 2.45) is 0 Å². The molecule has 0 radical (unpaired) electrons. The van der Waals surface area contributed by atoms with Crippen molar-refractivity contribution in [1.82, 2.24) is 15.0 Å². The summed E-state index contributed by atoms with van der Waals surface area (Å²) in [4.78, 5) is 13.3. The highest BCUT2D eigenvalue weighted by Crippen LogP contribution is 2.69. The minimum Gasteiger partial charge on any atom is -0.456 e. The van der Waals surface area contributed by atoms with E-state index in [9.17, 15) is 0 Å². The third kappa shape index (κ3) is 7.38. The van der Waals surface area contributed by atoms with Gasteiger partial charge in [-0.15, -0.1) is 0 Å². The number of rotatable bonds is 3. The number of hydrogen-bond acceptors (Lipinski definition) is 6. The predicted octanol–water partition coefficient (Wildman–Crippen LogP) is 23.5. The van der Waals surface area contributed by atoms with Gasteiger partial charge in [0, 0.05) is 91.7 Å². The lowest BCUT2D eigenvalue weighted by atomic mass is 9.68. The molecule has 18 aromatic rings. The molecule has 474 valence electrons. The molecular weight excluding hydrogens is 1240 g/mol. The second-order valence-electron chi connectivity index (χ2n) is 27.4. The Morgan fingerprint density at radius 2 is 0.637 bits per heavy atom. The van der Waals surface area contributed by atoms with E-state index in [1.54, 1.807) is 0 Å². The van der Waals surface area contributed by atoms with Crippen LogP contribution >= 0.6 is 0 Å². The van der Waals surface area contributed by atoms with E-state index in [0.29, 0.717) is 0 Å². The van der Waals surface area contributed by atoms with E-state index in [1.807, 2.05) is 49.2 Å². The summed E-state index contributed by atoms with van der Waals surface area (Å²) < 4.78 is 19.8. The van der Waals surface area contributed by atoms with Gasteiger partial charge < -0.3 is 13.3 Å². The van der Waals surface area contributed by atoms with E-state index in [-0.39, 0.29) is 0 Å². The molecule has 1 unspecified atom stereocenters. The van der Waals surface area contributed by atoms with Crippen molar-refractivity contribution in [2.45, 2.75) is 16.2 Å². The van der Waals surface area contributed by atoms with E-state index in [1.165, 1.54) is 144 Å². The number of fused-ring (bicyclic) bond motifs is 36. The maximum Gasteiger partial charge on any atom is 0.140 e. The van der Waals surface area contributed by atoms with Crippen molar-refractivity contribution in [3.8, 4) is 101 Å². The first-order valence-electron chi connectivity index (χ1n) is 34.9. The monoisotopic (exact) mass is 1300 g/mol. The molecule has 0 bridgehead atoms. The van der Waals surface area contributed by atoms with Gasteiger partial charge in [-0.25, -0.2) is 0 Å². The Bertz CT molecular complexity index is 6430. The molecular formula is C96H57N3O3. The van der Waals surface area contributed by atoms with Gasteiger partial charge in [-0.05, 0) is 161 Å². The molecule has 1 atom stereocenters. The van der Waals surface area contributed by atoms with Crippen molar-refractivity contribution in [1.29, 1.82) is 0 Å². The number of benzene rings is 12. The number of nitrogens with zero attached hydrogens (tertiary/aromatic N) is 3. The van der Waals surface area contributed by atoms with Crippen LogP contribution in [0.15, 0.2) is 360 Å². The van der Waals surface area contributed by atoms with Gasteiger partial charge in [-0.2, -0.15) is 0 Å². The standard InChI is InChI=1S/3C32H19NO/c1-4-15-26-22(10-1)23-11-2-5-16-27(23)32(26)29-21(20-9-8-18-33-19-20)13-7-14-25(29)31-30(32)24-12-3-6-17-28(24)34-31;1-4-12-25-21(9-1)22-10-2-5-13-26(22)32(25)27-17-16-20(28-14-7-8-18-33-28)19-24(27)31-30(32)23-11-3-6-15-29(23)34-31;1-4-10-26-22(7-1)23-14-13-21(20-15-17-33-18-16-20)19-28(23)32(26)27-11-5-2-8-24(27)31-30(32)25-9-3-6-12-29(25)34-31/h3*1-19H. The van der Waals surface area contributed by atoms with Crippen LogP contribution in [0, 0.1) is 0 Å². The molecule has 0 saturated heterocycles. The molecule has 0 N–H and O–H groups in total. The van der Waals surface area contributed by atoms with Gasteiger partial charge in [-0.3, -0.25) is 15.0 Å². The zero-order valence-electron chi connectivity index (χ0n) is 55.0. The first kappa shape index (κ1) is 56.7. The molecule has 0 aliphatic heterocycles. The van der Waals surface area contributed by atoms with Crippen molar-refractivity contribution in [3.05, 3.63) is 413 Å². The van der Waals surface area contributed by atoms with E-state index < -0.39 is 16.2 Å². The molecule has 6 aliphatic carbocycles. The van der Waals surface area contributed by atoms with E-state index >= 15 is 0 Å². The van der Waals surface area contributed by atoms with Crippen LogP contribution in [0.5, 0.6) is 0 Å². The molecule has 0 amide bonds. The highest BCUT2D eigenvalue weighted by atomic mass is 16.3. The molecule has 24 rings (SSSR count). The Kier molecular flexibility index (Phi) is 11.9. The highest BCUT2D eigenvalue weighted by molar-refractivity contribution is 6.07. The third-order valence-electron chi connectivity index (χ3n) is 22.7. The molecule has 0 saturated carbocycles. The summed E-state index contributed by atoms with van der Waals surface area (Å²) in [7, 11) is 0. The quantitative estimate of drug-likeness (QED) is 0.175. The molecule has 6 aliphatic rings. The van der Waals surface area contributed by atoms with Gasteiger partial charge in [0.2, 0.25) is 0 Å². The number of aromatic nitrogens is 3. The van der Waals surface area contributed by atoms with Gasteiger partial charge in [0.15, 0.2) is 0 Å². The minimum absolute atomic E-state index is 0.396. The van der Waals surface area contributed by atoms with Crippen LogP contribution in [0.3, 0.4) is 0 Å². The Morgan fingerprint density at radius 3 is 1.18 bits per heavy atom. The normalized spacial score (nSPS) is 15.1. The fourth-order valence-electron chi connectivity index (χ4n) is 19.0. The molecule has 6 nitrogen and oxygen atoms in total. The van der Waals surface area contributed by atoms with Crippen LogP contribution in [0.2, 0.25) is 0 Å². The molecule has 6 heterocycles. The molecule has 12 aromatic carbocycles. The molecule has 6 heteroatoms. The fraction of sp³-hybridized carbons (Fsp3) is 0.0312. The number of furan rings is 3. The van der Waals surface area contributed by atoms with Crippen LogP contribution in [-0.2, 0) is 16.2 Å². The number of hydrogen-bond donors (Lipinski definition) is 0. The summed E-state index contributed by atoms with van der Waals surface area (Å²) in [6, 6.07) is 113. The van der Waals surface area contributed by atoms with E-state index in [4.69, 9.17) is 13.3 Å². The molecule has 0 fully saturated rings. The summed E-state index contributed by atoms with van der Waals surface area (Å²) >= 11 is 0. The fourth-order valence-corrected chi connectivity index (χ4v) is 19.0. The summed E-state index contributed by atoms with van der Waals surface area (Å²) in [5, 5.41) is 3.54. The minimum atomic E-state index is -0.448. The molecule has 6 aromatic heterocycles. The van der Waals surface area contributed by atoms with Crippen molar-refractivity contribution in [3.63, 3.8) is 0 Å². The van der Waals surface area contributed by atoms with Crippen molar-refractivity contribution < 1.29 is 13.3 Å². The average molecular weight is 1300 g/mol. The van der Waals surface area contributed by atoms with Gasteiger partial charge in [0.05, 0.1) is 21.9 Å². The second-order valence-corrected chi connectivity index (χ2v) is 27.4. The van der Waals surface area contributed by atoms with Gasteiger partial charge >= 0.3 is 0 Å². The topological polar surface area (TPSA) is 78.1 Å². The largest absolute Gasteiger partial charge is 0.456 e. The summed E-state index contributed by atoms with van der Waals surface area (Å²) in [6.07, 6.45) is 9.37. The van der Waals surface area contributed by atoms with Gasteiger partial charge in [-0.1, -0.05) is 255 Å². The van der Waals surface area contributed by atoms with E-state index in [2.05, 4.69) is 312 Å². The van der Waals surface area contributed by atoms with Gasteiger partial charge in [0.25, 0.3) is 0 Å². The lowest BCUT2D eigenvalue weighted by molar-refractivity contribution is 0.628. The smallest absolute Gasteiger partial charge is 0.140 e. The Balaban J connectivity index is 0.0000000967. The molecule has 102 heavy (non-hydrogen) atoms. The summed E-state index contributed by atoms with van der Waals surface area (Å²) in [5.74, 6) is 2.95. The number of para-hydroxylation sites is 3. The van der Waals surface area contributed by atoms with Crippen LogP contribution in [0.25, 0.3) is 134 Å². The third-order valence-corrected chi connectivity index (χ3v) is 22.7. The molecule has 3 spiro atoms. The average Bonchev–Trinajstić information content (AvgIpc) is 1.50. The summed E-state index contributed by atoms with van der Waals surface area (Å²) in [5.41, 5.74) is 35.2. The summed E-state index contributed by atoms with van der Waals surface area (Å²) in [6.45, 7) is 0. The van der Waals surface area contributed by atoms with Crippen LogP contribution in [0.1, 0.15) is 66.8 Å². The number of pyridine rings is 3. The van der Waals surface area contributed by atoms with Crippen molar-refractivity contribution in [2.75, 3.05) is 0 Å². The second kappa shape index (κ2) is 21.4. The lowest BCUT2D eigenvalue weighted by Gasteiger charge is -2.31. The predicted molar refractivity (Wildman–Crippen MR) is 407 cm³/mol. The highest BCUT2D eigenvalue weighted by Gasteiger charge is 2.58. The Hall–Kier alpha value is -13.3. The maximum absolute atomic E-state index is 6.63.